The summed E-state index contributed by atoms with van der Waals surface area (Å²) in [5, 5.41) is 24.0. The van der Waals surface area contributed by atoms with Gasteiger partial charge in [-0.3, -0.25) is 14.4 Å². The van der Waals surface area contributed by atoms with E-state index in [1.54, 1.807) is 0 Å². The second-order valence-electron chi connectivity index (χ2n) is 14.0. The van der Waals surface area contributed by atoms with Crippen LogP contribution in [0.5, 0.6) is 0 Å². The Labute approximate surface area is 234 Å². The van der Waals surface area contributed by atoms with Crippen LogP contribution >= 0.6 is 0 Å². The predicted molar refractivity (Wildman–Crippen MR) is 145 cm³/mol. The van der Waals surface area contributed by atoms with Gasteiger partial charge in [0.15, 0.2) is 5.41 Å². The van der Waals surface area contributed by atoms with Gasteiger partial charge in [0.1, 0.15) is 12.2 Å². The minimum atomic E-state index is -1.56. The van der Waals surface area contributed by atoms with Crippen LogP contribution in [0.4, 0.5) is 0 Å². The van der Waals surface area contributed by atoms with Crippen molar-refractivity contribution >= 4 is 18.4 Å². The first kappa shape index (κ1) is 33.5. The van der Waals surface area contributed by atoms with Crippen molar-refractivity contribution < 1.29 is 39.0 Å². The van der Waals surface area contributed by atoms with Crippen molar-refractivity contribution in [3.05, 3.63) is 0 Å². The van der Waals surface area contributed by atoms with Crippen molar-refractivity contribution in [1.29, 1.82) is 0 Å². The number of esters is 2. The Bertz CT molecular complexity index is 777. The molecule has 2 saturated heterocycles. The molecule has 2 aliphatic heterocycles. The Kier molecular flexibility index (Phi) is 10.6. The molecule has 0 spiro atoms. The monoisotopic (exact) mass is 556 g/mol. The maximum Gasteiger partial charge on any atom is 0.323 e. The lowest BCUT2D eigenvalue weighted by Crippen LogP contribution is -2.61. The molecule has 0 bridgehead atoms. The van der Waals surface area contributed by atoms with Gasteiger partial charge in [-0.1, -0.05) is 19.8 Å². The Morgan fingerprint density at radius 1 is 0.769 bits per heavy atom. The van der Waals surface area contributed by atoms with Gasteiger partial charge in [0.2, 0.25) is 0 Å². The number of ether oxygens (including phenoxy) is 3. The molecule has 0 aromatic rings. The highest BCUT2D eigenvalue weighted by atomic mass is 16.6. The molecule has 0 amide bonds. The second kappa shape index (κ2) is 12.4. The maximum atomic E-state index is 14.0. The van der Waals surface area contributed by atoms with Crippen molar-refractivity contribution in [1.82, 2.24) is 10.1 Å². The number of piperidine rings is 2. The number of carbonyl (C=O) groups excluding carboxylic acids is 3. The number of hydrogen-bond acceptors (Lipinski definition) is 10. The first-order valence-corrected chi connectivity index (χ1v) is 14.3. The third-order valence-electron chi connectivity index (χ3n) is 8.42. The van der Waals surface area contributed by atoms with Crippen molar-refractivity contribution in [2.24, 2.45) is 5.41 Å². The van der Waals surface area contributed by atoms with Crippen molar-refractivity contribution in [2.75, 3.05) is 6.61 Å². The number of carbonyl (C=O) groups is 3. The maximum absolute atomic E-state index is 14.0. The second-order valence-corrected chi connectivity index (χ2v) is 14.0. The normalized spacial score (nSPS) is 23.7. The summed E-state index contributed by atoms with van der Waals surface area (Å²) < 4.78 is 17.1. The van der Waals surface area contributed by atoms with E-state index >= 15 is 0 Å². The summed E-state index contributed by atoms with van der Waals surface area (Å²) in [6.07, 6.45) is 2.66. The van der Waals surface area contributed by atoms with Crippen LogP contribution in [0.2, 0.25) is 0 Å². The zero-order valence-corrected chi connectivity index (χ0v) is 25.5. The molecule has 2 fully saturated rings. The van der Waals surface area contributed by atoms with E-state index in [0.717, 1.165) is 6.42 Å². The van der Waals surface area contributed by atoms with Gasteiger partial charge in [-0.25, -0.2) is 0 Å². The van der Waals surface area contributed by atoms with Crippen molar-refractivity contribution in [3.63, 3.8) is 0 Å². The molecule has 0 aromatic heterocycles. The third-order valence-corrected chi connectivity index (χ3v) is 8.42. The fourth-order valence-electron chi connectivity index (χ4n) is 6.65. The molecule has 0 unspecified atom stereocenters. The van der Waals surface area contributed by atoms with Crippen molar-refractivity contribution in [3.8, 4) is 0 Å². The summed E-state index contributed by atoms with van der Waals surface area (Å²) in [4.78, 5) is 38.8. The number of hydrogen-bond donors (Lipinski definition) is 2. The topological polar surface area (TPSA) is 126 Å². The SMILES string of the molecule is CCCCC(CCCOC=O)(C(=O)OC1CC(C)(C)N(O)C(C)(C)C1)C(=O)OC1CC(C)(C)N(O)C(C)(C)C1. The number of unbranched alkanes of at least 4 members (excludes halogenated alkanes) is 1. The zero-order chi connectivity index (χ0) is 29.9. The van der Waals surface area contributed by atoms with Crippen LogP contribution in [0.1, 0.15) is 120 Å². The average Bonchev–Trinajstić information content (AvgIpc) is 2.79. The highest BCUT2D eigenvalue weighted by molar-refractivity contribution is 6.00. The number of rotatable bonds is 12. The molecule has 0 radical (unpaired) electrons. The van der Waals surface area contributed by atoms with Gasteiger partial charge in [-0.15, -0.1) is 0 Å². The smallest absolute Gasteiger partial charge is 0.323 e. The van der Waals surface area contributed by atoms with Gasteiger partial charge in [0.05, 0.1) is 6.61 Å². The zero-order valence-electron chi connectivity index (χ0n) is 25.5. The van der Waals surface area contributed by atoms with Crippen LogP contribution in [-0.2, 0) is 28.6 Å². The fourth-order valence-corrected chi connectivity index (χ4v) is 6.65. The van der Waals surface area contributed by atoms with Crippen LogP contribution in [0.25, 0.3) is 0 Å². The van der Waals surface area contributed by atoms with Crippen LogP contribution < -0.4 is 0 Å². The van der Waals surface area contributed by atoms with Crippen LogP contribution in [0.3, 0.4) is 0 Å². The van der Waals surface area contributed by atoms with E-state index in [0.29, 0.717) is 45.0 Å². The molecular weight excluding hydrogens is 504 g/mol. The van der Waals surface area contributed by atoms with E-state index in [1.165, 1.54) is 10.1 Å². The van der Waals surface area contributed by atoms with Gasteiger partial charge < -0.3 is 24.6 Å². The Balaban J connectivity index is 2.38. The Morgan fingerprint density at radius 2 is 1.13 bits per heavy atom. The van der Waals surface area contributed by atoms with E-state index in [9.17, 15) is 24.8 Å². The molecule has 226 valence electrons. The lowest BCUT2D eigenvalue weighted by Gasteiger charge is -2.51. The Hall–Kier alpha value is -1.75. The predicted octanol–water partition coefficient (Wildman–Crippen LogP) is 5.02. The Morgan fingerprint density at radius 3 is 1.46 bits per heavy atom. The van der Waals surface area contributed by atoms with Crippen LogP contribution in [-0.4, -0.2) is 79.9 Å². The molecular formula is C29H52N2O8. The molecule has 0 aromatic carbocycles. The highest BCUT2D eigenvalue weighted by Gasteiger charge is 2.53. The van der Waals surface area contributed by atoms with Gasteiger partial charge in [-0.05, 0) is 74.7 Å². The fraction of sp³-hybridized carbons (Fsp3) is 0.897. The average molecular weight is 557 g/mol. The molecule has 10 nitrogen and oxygen atoms in total. The lowest BCUT2D eigenvalue weighted by atomic mass is 9.77. The summed E-state index contributed by atoms with van der Waals surface area (Å²) in [5.41, 5.74) is -4.09. The van der Waals surface area contributed by atoms with E-state index in [4.69, 9.17) is 14.2 Å². The quantitative estimate of drug-likeness (QED) is 0.111. The van der Waals surface area contributed by atoms with Gasteiger partial charge in [0, 0.05) is 47.8 Å². The van der Waals surface area contributed by atoms with Crippen LogP contribution in [0.15, 0.2) is 0 Å². The summed E-state index contributed by atoms with van der Waals surface area (Å²) >= 11 is 0. The van der Waals surface area contributed by atoms with E-state index in [2.05, 4.69) is 0 Å². The molecule has 2 N–H and O–H groups in total. The molecule has 10 heteroatoms. The number of nitrogens with zero attached hydrogens (tertiary/aromatic N) is 2. The van der Waals surface area contributed by atoms with E-state index in [-0.39, 0.29) is 19.4 Å². The summed E-state index contributed by atoms with van der Waals surface area (Å²) in [7, 11) is 0. The first-order valence-electron chi connectivity index (χ1n) is 14.3. The number of hydroxylamine groups is 4. The van der Waals surface area contributed by atoms with Gasteiger partial charge >= 0.3 is 11.9 Å². The summed E-state index contributed by atoms with van der Waals surface area (Å²) in [6, 6.07) is 0. The van der Waals surface area contributed by atoms with Gasteiger partial charge in [0.25, 0.3) is 6.47 Å². The molecule has 0 atom stereocenters. The van der Waals surface area contributed by atoms with Gasteiger partial charge in [-0.2, -0.15) is 10.1 Å². The largest absolute Gasteiger partial charge is 0.468 e. The first-order chi connectivity index (χ1) is 17.8. The summed E-state index contributed by atoms with van der Waals surface area (Å²) in [6.45, 7) is 17.5. The third kappa shape index (κ3) is 7.71. The van der Waals surface area contributed by atoms with Crippen LogP contribution in [0, 0.1) is 5.41 Å². The van der Waals surface area contributed by atoms with E-state index < -0.39 is 51.7 Å². The van der Waals surface area contributed by atoms with E-state index in [1.807, 2.05) is 62.3 Å². The minimum Gasteiger partial charge on any atom is -0.468 e. The summed E-state index contributed by atoms with van der Waals surface area (Å²) in [5.74, 6) is -1.26. The standard InChI is InChI=1S/C29H52N2O8/c1-10-11-13-29(14-12-15-37-20-32,23(33)38-21-16-25(2,3)30(35)26(4,5)17-21)24(34)39-22-18-27(6,7)31(36)28(8,9)19-22/h20-22,35-36H,10-19H2,1-9H3. The molecule has 2 rings (SSSR count). The molecule has 2 aliphatic rings. The van der Waals surface area contributed by atoms with Crippen molar-refractivity contribution in [2.45, 2.75) is 154 Å². The molecule has 2 heterocycles. The highest BCUT2D eigenvalue weighted by Crippen LogP contribution is 2.43. The molecule has 0 saturated carbocycles. The molecule has 39 heavy (non-hydrogen) atoms. The minimum absolute atomic E-state index is 0.0733. The lowest BCUT2D eigenvalue weighted by molar-refractivity contribution is -0.263. The molecule has 0 aliphatic carbocycles.